The minimum Gasteiger partial charge on any atom is -0.489 e. The summed E-state index contributed by atoms with van der Waals surface area (Å²) >= 11 is 12.1. The number of nitrogens with zero attached hydrogens (tertiary/aromatic N) is 1. The molecule has 8 heteroatoms. The molecule has 0 saturated heterocycles. The number of ether oxygens (including phenoxy) is 1. The van der Waals surface area contributed by atoms with Gasteiger partial charge in [0, 0.05) is 21.3 Å². The minimum absolute atomic E-state index is 0.270. The number of carbonyl (C=O) groups excluding carboxylic acids is 2. The SMILES string of the molecule is CCc1cccc(CC)c1NC(=O)C(=O)N/N=C\c1cccc(OCc2ccc(Cl)cc2Cl)c1. The van der Waals surface area contributed by atoms with E-state index in [2.05, 4.69) is 15.8 Å². The summed E-state index contributed by atoms with van der Waals surface area (Å²) in [5.74, 6) is -1.03. The summed E-state index contributed by atoms with van der Waals surface area (Å²) in [6.45, 7) is 4.26. The van der Waals surface area contributed by atoms with Crippen molar-refractivity contribution in [2.24, 2.45) is 5.10 Å². The highest BCUT2D eigenvalue weighted by Gasteiger charge is 2.16. The Morgan fingerprint density at radius 2 is 1.62 bits per heavy atom. The van der Waals surface area contributed by atoms with Gasteiger partial charge in [0.1, 0.15) is 12.4 Å². The first-order chi connectivity index (χ1) is 16.4. The molecule has 0 heterocycles. The van der Waals surface area contributed by atoms with Gasteiger partial charge in [-0.2, -0.15) is 5.10 Å². The van der Waals surface area contributed by atoms with E-state index in [0.717, 1.165) is 29.5 Å². The second kappa shape index (κ2) is 12.2. The van der Waals surface area contributed by atoms with E-state index in [-0.39, 0.29) is 6.61 Å². The quantitative estimate of drug-likeness (QED) is 0.235. The molecule has 34 heavy (non-hydrogen) atoms. The van der Waals surface area contributed by atoms with Gasteiger partial charge in [-0.25, -0.2) is 5.43 Å². The van der Waals surface area contributed by atoms with E-state index in [1.165, 1.54) is 6.21 Å². The lowest BCUT2D eigenvalue weighted by Gasteiger charge is -2.13. The molecule has 3 aromatic rings. The van der Waals surface area contributed by atoms with Crippen LogP contribution in [0.5, 0.6) is 5.75 Å². The van der Waals surface area contributed by atoms with Crippen molar-refractivity contribution in [1.29, 1.82) is 0 Å². The number of anilines is 1. The average molecular weight is 498 g/mol. The number of amides is 2. The fraction of sp³-hybridized carbons (Fsp3) is 0.192. The van der Waals surface area contributed by atoms with Crippen LogP contribution in [0.15, 0.2) is 65.8 Å². The number of nitrogens with one attached hydrogen (secondary N) is 2. The molecule has 176 valence electrons. The molecule has 3 aromatic carbocycles. The molecular formula is C26H25Cl2N3O3. The topological polar surface area (TPSA) is 79.8 Å². The molecule has 0 bridgehead atoms. The number of rotatable bonds is 8. The van der Waals surface area contributed by atoms with Crippen molar-refractivity contribution in [1.82, 2.24) is 5.43 Å². The van der Waals surface area contributed by atoms with Crippen LogP contribution < -0.4 is 15.5 Å². The largest absolute Gasteiger partial charge is 0.489 e. The van der Waals surface area contributed by atoms with Crippen LogP contribution in [-0.2, 0) is 29.0 Å². The van der Waals surface area contributed by atoms with E-state index in [0.29, 0.717) is 27.0 Å². The van der Waals surface area contributed by atoms with Crippen molar-refractivity contribution in [3.8, 4) is 5.75 Å². The van der Waals surface area contributed by atoms with Crippen LogP contribution in [0.2, 0.25) is 10.0 Å². The standard InChI is InChI=1S/C26H25Cl2N3O3/c1-3-18-8-6-9-19(4-2)24(18)30-25(32)26(33)31-29-15-17-7-5-10-22(13-17)34-16-20-11-12-21(27)14-23(20)28/h5-15H,3-4,16H2,1-2H3,(H,30,32)(H,31,33)/b29-15-. The smallest absolute Gasteiger partial charge is 0.329 e. The number of benzene rings is 3. The van der Waals surface area contributed by atoms with Crippen LogP contribution in [0, 0.1) is 0 Å². The Kier molecular flexibility index (Phi) is 9.08. The van der Waals surface area contributed by atoms with Crippen LogP contribution >= 0.6 is 23.2 Å². The predicted molar refractivity (Wildman–Crippen MR) is 137 cm³/mol. The Morgan fingerprint density at radius 1 is 0.912 bits per heavy atom. The lowest BCUT2D eigenvalue weighted by atomic mass is 10.0. The fourth-order valence-electron chi connectivity index (χ4n) is 3.27. The van der Waals surface area contributed by atoms with Crippen molar-refractivity contribution < 1.29 is 14.3 Å². The van der Waals surface area contributed by atoms with Gasteiger partial charge in [0.15, 0.2) is 0 Å². The number of carbonyl (C=O) groups is 2. The van der Waals surface area contributed by atoms with Crippen molar-refractivity contribution in [3.05, 3.63) is 93.0 Å². The number of hydrazone groups is 1. The van der Waals surface area contributed by atoms with Gasteiger partial charge < -0.3 is 10.1 Å². The Labute approximate surface area is 208 Å². The maximum absolute atomic E-state index is 12.4. The number of aryl methyl sites for hydroxylation is 2. The molecule has 0 aliphatic carbocycles. The Bertz CT molecular complexity index is 1190. The fourth-order valence-corrected chi connectivity index (χ4v) is 3.74. The van der Waals surface area contributed by atoms with Crippen molar-refractivity contribution in [2.45, 2.75) is 33.3 Å². The zero-order chi connectivity index (χ0) is 24.5. The zero-order valence-corrected chi connectivity index (χ0v) is 20.4. The molecule has 6 nitrogen and oxygen atoms in total. The number of halogens is 2. The van der Waals surface area contributed by atoms with E-state index >= 15 is 0 Å². The van der Waals surface area contributed by atoms with Crippen LogP contribution in [0.1, 0.15) is 36.1 Å². The van der Waals surface area contributed by atoms with Gasteiger partial charge >= 0.3 is 11.8 Å². The third-order valence-corrected chi connectivity index (χ3v) is 5.68. The summed E-state index contributed by atoms with van der Waals surface area (Å²) in [6, 6.07) is 18.2. The normalized spacial score (nSPS) is 10.8. The van der Waals surface area contributed by atoms with Gasteiger partial charge in [0.2, 0.25) is 0 Å². The van der Waals surface area contributed by atoms with E-state index in [1.807, 2.05) is 32.0 Å². The molecule has 0 saturated carbocycles. The number of para-hydroxylation sites is 1. The Balaban J connectivity index is 1.58. The first-order valence-corrected chi connectivity index (χ1v) is 11.6. The van der Waals surface area contributed by atoms with Crippen LogP contribution in [0.4, 0.5) is 5.69 Å². The van der Waals surface area contributed by atoms with Gasteiger partial charge in [0.25, 0.3) is 0 Å². The second-order valence-electron chi connectivity index (χ2n) is 7.41. The van der Waals surface area contributed by atoms with Gasteiger partial charge in [-0.15, -0.1) is 0 Å². The molecule has 2 N–H and O–H groups in total. The highest BCUT2D eigenvalue weighted by atomic mass is 35.5. The monoisotopic (exact) mass is 497 g/mol. The van der Waals surface area contributed by atoms with Crippen molar-refractivity contribution >= 4 is 46.9 Å². The highest BCUT2D eigenvalue weighted by molar-refractivity contribution is 6.39. The van der Waals surface area contributed by atoms with Crippen LogP contribution in [-0.4, -0.2) is 18.0 Å². The molecule has 3 rings (SSSR count). The molecule has 0 aliphatic rings. The third kappa shape index (κ3) is 6.83. The average Bonchev–Trinajstić information content (AvgIpc) is 2.83. The minimum atomic E-state index is -0.853. The zero-order valence-electron chi connectivity index (χ0n) is 18.9. The second-order valence-corrected chi connectivity index (χ2v) is 8.25. The lowest BCUT2D eigenvalue weighted by Crippen LogP contribution is -2.33. The Hall–Kier alpha value is -3.35. The molecule has 2 amide bonds. The molecule has 0 fully saturated rings. The molecule has 0 aliphatic heterocycles. The first-order valence-electron chi connectivity index (χ1n) is 10.8. The molecule has 0 unspecified atom stereocenters. The van der Waals surface area contributed by atoms with Crippen molar-refractivity contribution in [3.63, 3.8) is 0 Å². The maximum Gasteiger partial charge on any atom is 0.329 e. The van der Waals surface area contributed by atoms with Crippen molar-refractivity contribution in [2.75, 3.05) is 5.32 Å². The van der Waals surface area contributed by atoms with E-state index in [4.69, 9.17) is 27.9 Å². The summed E-state index contributed by atoms with van der Waals surface area (Å²) in [5, 5.41) is 7.70. The van der Waals surface area contributed by atoms with Crippen LogP contribution in [0.25, 0.3) is 0 Å². The summed E-state index contributed by atoms with van der Waals surface area (Å²) in [5.41, 5.74) is 6.38. The summed E-state index contributed by atoms with van der Waals surface area (Å²) in [6.07, 6.45) is 2.92. The summed E-state index contributed by atoms with van der Waals surface area (Å²) in [7, 11) is 0. The summed E-state index contributed by atoms with van der Waals surface area (Å²) in [4.78, 5) is 24.6. The number of hydrogen-bond acceptors (Lipinski definition) is 4. The summed E-state index contributed by atoms with van der Waals surface area (Å²) < 4.78 is 5.79. The molecular weight excluding hydrogens is 473 g/mol. The molecule has 0 radical (unpaired) electrons. The Morgan fingerprint density at radius 3 is 2.29 bits per heavy atom. The van der Waals surface area contributed by atoms with E-state index in [9.17, 15) is 9.59 Å². The lowest BCUT2D eigenvalue weighted by molar-refractivity contribution is -0.136. The van der Waals surface area contributed by atoms with Gasteiger partial charge in [-0.05, 0) is 53.8 Å². The molecule has 0 aromatic heterocycles. The predicted octanol–water partition coefficient (Wildman–Crippen LogP) is 5.79. The van der Waals surface area contributed by atoms with Gasteiger partial charge in [-0.1, -0.05) is 73.4 Å². The van der Waals surface area contributed by atoms with Gasteiger partial charge in [0.05, 0.1) is 6.21 Å². The van der Waals surface area contributed by atoms with Crippen LogP contribution in [0.3, 0.4) is 0 Å². The first kappa shape index (κ1) is 25.3. The van der Waals surface area contributed by atoms with E-state index < -0.39 is 11.8 Å². The third-order valence-electron chi connectivity index (χ3n) is 5.09. The maximum atomic E-state index is 12.4. The molecule has 0 atom stereocenters. The number of hydrogen-bond donors (Lipinski definition) is 2. The van der Waals surface area contributed by atoms with E-state index in [1.54, 1.807) is 42.5 Å². The highest BCUT2D eigenvalue weighted by Crippen LogP contribution is 2.24. The van der Waals surface area contributed by atoms with Gasteiger partial charge in [-0.3, -0.25) is 9.59 Å². The molecule has 0 spiro atoms.